The molecule has 5 rings (SSSR count). The Labute approximate surface area is 318 Å². The van der Waals surface area contributed by atoms with Crippen molar-refractivity contribution in [3.8, 4) is 0 Å². The van der Waals surface area contributed by atoms with E-state index in [4.69, 9.17) is 9.57 Å². The van der Waals surface area contributed by atoms with Crippen LogP contribution in [-0.4, -0.2) is 95.7 Å². The van der Waals surface area contributed by atoms with E-state index in [9.17, 15) is 46.7 Å². The van der Waals surface area contributed by atoms with Crippen molar-refractivity contribution >= 4 is 43.4 Å². The second-order valence-corrected chi connectivity index (χ2v) is 17.8. The zero-order valence-corrected chi connectivity index (χ0v) is 32.0. The molecule has 3 aromatic carbocycles. The molecular formula is C35H42N6O12S2. The normalized spacial score (nSPS) is 18.8. The monoisotopic (exact) mass is 802 g/mol. The Morgan fingerprint density at radius 2 is 1.36 bits per heavy atom. The predicted octanol–water partition coefficient (Wildman–Crippen LogP) is 4.36. The fourth-order valence-corrected chi connectivity index (χ4v) is 9.35. The lowest BCUT2D eigenvalue weighted by atomic mass is 9.99. The maximum absolute atomic E-state index is 14.3. The Bertz CT molecular complexity index is 2090. The van der Waals surface area contributed by atoms with E-state index in [1.165, 1.54) is 4.90 Å². The third-order valence-corrected chi connectivity index (χ3v) is 12.7. The minimum atomic E-state index is -4.61. The lowest BCUT2D eigenvalue weighted by Crippen LogP contribution is -2.60. The molecule has 2 fully saturated rings. The number of nitro groups is 2. The van der Waals surface area contributed by atoms with E-state index in [0.717, 1.165) is 52.8 Å². The third kappa shape index (κ3) is 10.00. The molecule has 0 unspecified atom stereocenters. The Morgan fingerprint density at radius 3 is 1.89 bits per heavy atom. The number of benzene rings is 3. The summed E-state index contributed by atoms with van der Waals surface area (Å²) in [5, 5.41) is 25.5. The van der Waals surface area contributed by atoms with Gasteiger partial charge in [-0.3, -0.25) is 29.9 Å². The van der Waals surface area contributed by atoms with Crippen molar-refractivity contribution in [1.82, 2.24) is 19.0 Å². The van der Waals surface area contributed by atoms with Gasteiger partial charge in [-0.05, 0) is 76.3 Å². The molecule has 2 atom stereocenters. The Kier molecular flexibility index (Phi) is 12.6. The molecule has 0 bridgehead atoms. The molecule has 0 aromatic heterocycles. The van der Waals surface area contributed by atoms with Gasteiger partial charge in [0.25, 0.3) is 21.4 Å². The number of hydrogen-bond acceptors (Lipinski definition) is 12. The van der Waals surface area contributed by atoms with Gasteiger partial charge >= 0.3 is 6.09 Å². The van der Waals surface area contributed by atoms with Gasteiger partial charge in [0.2, 0.25) is 15.9 Å². The summed E-state index contributed by atoms with van der Waals surface area (Å²) in [5.74, 6) is -0.644. The minimum absolute atomic E-state index is 0.0392. The van der Waals surface area contributed by atoms with Gasteiger partial charge in [0.1, 0.15) is 11.6 Å². The van der Waals surface area contributed by atoms with Crippen molar-refractivity contribution in [2.75, 3.05) is 19.6 Å². The molecule has 1 N–H and O–H groups in total. The molecule has 2 aliphatic rings. The molecular weight excluding hydrogens is 761 g/mol. The topological polar surface area (TPSA) is 229 Å². The lowest BCUT2D eigenvalue weighted by molar-refractivity contribution is -0.385. The van der Waals surface area contributed by atoms with Gasteiger partial charge in [-0.15, -0.1) is 0 Å². The highest BCUT2D eigenvalue weighted by molar-refractivity contribution is 7.89. The van der Waals surface area contributed by atoms with Gasteiger partial charge < -0.3 is 15.0 Å². The van der Waals surface area contributed by atoms with Crippen LogP contribution < -0.4 is 5.32 Å². The van der Waals surface area contributed by atoms with Crippen molar-refractivity contribution in [2.45, 2.75) is 86.6 Å². The highest BCUT2D eigenvalue weighted by Gasteiger charge is 2.46. The number of hydrogen-bond donors (Lipinski definition) is 1. The number of non-ortho nitro benzene ring substituents is 2. The van der Waals surface area contributed by atoms with E-state index in [1.54, 1.807) is 51.1 Å². The van der Waals surface area contributed by atoms with Gasteiger partial charge in [0.15, 0.2) is 0 Å². The standard InChI is InChI=1S/C35H42N6O12S2/c1-35(2,3)53-34(43)37-21-19-26(20-22-37)36-33(42)32-18-13-29(23-38(32)54(48,49)30-14-9-27(10-15-30)39(44)45)41(52-24-25-7-5-4-6-8-25)55(50,51)31-16-11-28(12-17-31)40(46)47/h4-12,14-17,26,29,32H,13,18-24H2,1-3H3,(H,36,42)/t29-,32+/m1/s1. The number of rotatable bonds is 12. The van der Waals surface area contributed by atoms with E-state index in [-0.39, 0.29) is 53.7 Å². The number of hydroxylamine groups is 1. The summed E-state index contributed by atoms with van der Waals surface area (Å²) < 4.78 is 64.0. The van der Waals surface area contributed by atoms with Crippen molar-refractivity contribution in [3.63, 3.8) is 0 Å². The Balaban J connectivity index is 1.44. The van der Waals surface area contributed by atoms with Crippen LogP contribution in [0.4, 0.5) is 16.2 Å². The second kappa shape index (κ2) is 16.8. The van der Waals surface area contributed by atoms with E-state index in [2.05, 4.69) is 5.32 Å². The van der Waals surface area contributed by atoms with Gasteiger partial charge in [0.05, 0.1) is 32.3 Å². The molecule has 0 spiro atoms. The summed E-state index contributed by atoms with van der Waals surface area (Å²) >= 11 is 0. The summed E-state index contributed by atoms with van der Waals surface area (Å²) in [6, 6.07) is 13.9. The van der Waals surface area contributed by atoms with Gasteiger partial charge in [-0.2, -0.15) is 4.31 Å². The molecule has 18 nitrogen and oxygen atoms in total. The summed E-state index contributed by atoms with van der Waals surface area (Å²) in [6.45, 7) is 5.02. The molecule has 0 aliphatic carbocycles. The largest absolute Gasteiger partial charge is 0.444 e. The van der Waals surface area contributed by atoms with Crippen molar-refractivity contribution < 1.29 is 45.8 Å². The van der Waals surface area contributed by atoms with Crippen LogP contribution in [0.2, 0.25) is 0 Å². The average molecular weight is 803 g/mol. The summed E-state index contributed by atoms with van der Waals surface area (Å²) in [6.07, 6.45) is 0.0513. The van der Waals surface area contributed by atoms with Crippen LogP contribution in [0, 0.1) is 20.2 Å². The lowest BCUT2D eigenvalue weighted by Gasteiger charge is -2.41. The highest BCUT2D eigenvalue weighted by Crippen LogP contribution is 2.33. The van der Waals surface area contributed by atoms with Crippen LogP contribution in [0.1, 0.15) is 52.0 Å². The Morgan fingerprint density at radius 1 is 0.818 bits per heavy atom. The van der Waals surface area contributed by atoms with E-state index >= 15 is 0 Å². The molecule has 0 saturated carbocycles. The molecule has 20 heteroatoms. The zero-order valence-electron chi connectivity index (χ0n) is 30.3. The fourth-order valence-electron chi connectivity index (χ4n) is 6.25. The number of ether oxygens (including phenoxy) is 1. The second-order valence-electron chi connectivity index (χ2n) is 14.1. The van der Waals surface area contributed by atoms with Crippen molar-refractivity contribution in [3.05, 3.63) is 105 Å². The maximum Gasteiger partial charge on any atom is 0.410 e. The van der Waals surface area contributed by atoms with Crippen LogP contribution in [-0.2, 0) is 41.0 Å². The first-order chi connectivity index (χ1) is 25.9. The first kappa shape index (κ1) is 41.1. The summed E-state index contributed by atoms with van der Waals surface area (Å²) in [7, 11) is -9.20. The van der Waals surface area contributed by atoms with Crippen LogP contribution in [0.25, 0.3) is 0 Å². The number of carbonyl (C=O) groups is 2. The number of amides is 2. The summed E-state index contributed by atoms with van der Waals surface area (Å²) in [5.41, 5.74) is -0.814. The zero-order chi connectivity index (χ0) is 40.1. The number of nitro benzene ring substituents is 2. The van der Waals surface area contributed by atoms with E-state index < -0.39 is 72.2 Å². The molecule has 2 amide bonds. The summed E-state index contributed by atoms with van der Waals surface area (Å²) in [4.78, 5) is 54.5. The molecule has 0 radical (unpaired) electrons. The number of nitrogens with one attached hydrogen (secondary N) is 1. The molecule has 2 heterocycles. The molecule has 3 aromatic rings. The minimum Gasteiger partial charge on any atom is -0.444 e. The van der Waals surface area contributed by atoms with E-state index in [1.807, 2.05) is 0 Å². The SMILES string of the molecule is CC(C)(C)OC(=O)N1CCC(NC(=O)[C@@H]2CC[C@@H](N(OCc3ccccc3)S(=O)(=O)c3ccc([N+](=O)[O-])cc3)CN2S(=O)(=O)c2ccc([N+](=O)[O-])cc2)CC1. The van der Waals surface area contributed by atoms with E-state index in [0.29, 0.717) is 22.9 Å². The number of nitrogens with zero attached hydrogens (tertiary/aromatic N) is 5. The number of sulfonamides is 2. The quantitative estimate of drug-likeness (QED) is 0.199. The predicted molar refractivity (Wildman–Crippen MR) is 196 cm³/mol. The number of piperidine rings is 2. The molecule has 55 heavy (non-hydrogen) atoms. The molecule has 2 saturated heterocycles. The van der Waals surface area contributed by atoms with Crippen LogP contribution in [0.15, 0.2) is 88.7 Å². The van der Waals surface area contributed by atoms with Gasteiger partial charge in [-0.25, -0.2) is 21.6 Å². The van der Waals surface area contributed by atoms with Crippen LogP contribution >= 0.6 is 0 Å². The van der Waals surface area contributed by atoms with Crippen LogP contribution in [0.5, 0.6) is 0 Å². The molecule has 2 aliphatic heterocycles. The fraction of sp³-hybridized carbons (Fsp3) is 0.429. The first-order valence-corrected chi connectivity index (χ1v) is 20.2. The van der Waals surface area contributed by atoms with Gasteiger partial charge in [-0.1, -0.05) is 34.8 Å². The van der Waals surface area contributed by atoms with Crippen LogP contribution in [0.3, 0.4) is 0 Å². The molecule has 296 valence electrons. The Hall–Kier alpha value is -5.02. The smallest absolute Gasteiger partial charge is 0.410 e. The van der Waals surface area contributed by atoms with Crippen molar-refractivity contribution in [2.24, 2.45) is 0 Å². The first-order valence-electron chi connectivity index (χ1n) is 17.4. The number of likely N-dealkylation sites (tertiary alicyclic amines) is 1. The van der Waals surface area contributed by atoms with Gasteiger partial charge in [0, 0.05) is 49.9 Å². The number of carbonyl (C=O) groups excluding carboxylic acids is 2. The maximum atomic E-state index is 14.3. The van der Waals surface area contributed by atoms with Crippen molar-refractivity contribution in [1.29, 1.82) is 0 Å². The highest BCUT2D eigenvalue weighted by atomic mass is 32.2. The average Bonchev–Trinajstić information content (AvgIpc) is 3.14. The third-order valence-electron chi connectivity index (χ3n) is 9.04.